The monoisotopic (exact) mass is 282 g/mol. The average molecular weight is 282 g/mol. The van der Waals surface area contributed by atoms with E-state index in [-0.39, 0.29) is 16.1 Å². The third-order valence-electron chi connectivity index (χ3n) is 1.91. The number of rotatable bonds is 2. The maximum Gasteiger partial charge on any atom is 0.412 e. The number of carbonyl (C=O) groups excluding carboxylic acids is 2. The zero-order chi connectivity index (χ0) is 14.6. The number of nitriles is 1. The first-order valence-electron chi connectivity index (χ1n) is 5.38. The molecule has 1 heterocycles. The summed E-state index contributed by atoms with van der Waals surface area (Å²) in [5, 5.41) is 12.8. The summed E-state index contributed by atoms with van der Waals surface area (Å²) in [7, 11) is 1.23. The SMILES string of the molecule is COC(=O)c1scc(C#N)c1NC(=O)OC(C)(C)C. The first kappa shape index (κ1) is 15.0. The van der Waals surface area contributed by atoms with E-state index in [0.717, 1.165) is 11.3 Å². The topological polar surface area (TPSA) is 88.4 Å². The van der Waals surface area contributed by atoms with Gasteiger partial charge in [-0.25, -0.2) is 9.59 Å². The Labute approximate surface area is 114 Å². The van der Waals surface area contributed by atoms with Gasteiger partial charge in [-0.3, -0.25) is 5.32 Å². The van der Waals surface area contributed by atoms with Crippen LogP contribution in [0.5, 0.6) is 0 Å². The van der Waals surface area contributed by atoms with Crippen molar-refractivity contribution in [3.8, 4) is 6.07 Å². The molecular formula is C12H14N2O4S. The molecule has 0 fully saturated rings. The largest absolute Gasteiger partial charge is 0.465 e. The number of methoxy groups -OCH3 is 1. The predicted molar refractivity (Wildman–Crippen MR) is 70.2 cm³/mol. The van der Waals surface area contributed by atoms with E-state index in [1.807, 2.05) is 6.07 Å². The standard InChI is InChI=1S/C12H14N2O4S/c1-12(2,3)18-11(16)14-8-7(5-13)6-19-9(8)10(15)17-4/h6H,1-4H3,(H,14,16). The van der Waals surface area contributed by atoms with Gasteiger partial charge in [-0.05, 0) is 20.8 Å². The lowest BCUT2D eigenvalue weighted by Gasteiger charge is -2.19. The van der Waals surface area contributed by atoms with E-state index >= 15 is 0 Å². The van der Waals surface area contributed by atoms with Gasteiger partial charge in [0.15, 0.2) is 0 Å². The molecule has 0 aliphatic heterocycles. The molecule has 0 spiro atoms. The van der Waals surface area contributed by atoms with E-state index in [9.17, 15) is 9.59 Å². The lowest BCUT2D eigenvalue weighted by Crippen LogP contribution is -2.27. The molecule has 19 heavy (non-hydrogen) atoms. The Balaban J connectivity index is 3.00. The second kappa shape index (κ2) is 5.71. The minimum absolute atomic E-state index is 0.119. The summed E-state index contributed by atoms with van der Waals surface area (Å²) in [6.45, 7) is 5.14. The Bertz CT molecular complexity index is 537. The van der Waals surface area contributed by atoms with Gasteiger partial charge in [-0.2, -0.15) is 5.26 Å². The van der Waals surface area contributed by atoms with Crippen molar-refractivity contribution in [1.29, 1.82) is 5.26 Å². The summed E-state index contributed by atoms with van der Waals surface area (Å²) < 4.78 is 9.66. The Morgan fingerprint density at radius 3 is 2.53 bits per heavy atom. The van der Waals surface area contributed by atoms with Gasteiger partial charge in [0.2, 0.25) is 0 Å². The maximum atomic E-state index is 11.7. The minimum Gasteiger partial charge on any atom is -0.465 e. The van der Waals surface area contributed by atoms with Gasteiger partial charge < -0.3 is 9.47 Å². The molecule has 102 valence electrons. The van der Waals surface area contributed by atoms with Crippen LogP contribution in [0.3, 0.4) is 0 Å². The summed E-state index contributed by atoms with van der Waals surface area (Å²) in [5.41, 5.74) is -0.358. The Morgan fingerprint density at radius 1 is 1.42 bits per heavy atom. The number of nitrogens with one attached hydrogen (secondary N) is 1. The van der Waals surface area contributed by atoms with E-state index in [1.165, 1.54) is 12.5 Å². The van der Waals surface area contributed by atoms with Gasteiger partial charge in [0.05, 0.1) is 18.4 Å². The van der Waals surface area contributed by atoms with Crippen molar-refractivity contribution in [2.75, 3.05) is 12.4 Å². The molecule has 7 heteroatoms. The quantitative estimate of drug-likeness (QED) is 0.842. The Morgan fingerprint density at radius 2 is 2.05 bits per heavy atom. The molecule has 0 radical (unpaired) electrons. The second-order valence-electron chi connectivity index (χ2n) is 4.58. The van der Waals surface area contributed by atoms with Crippen LogP contribution in [-0.4, -0.2) is 24.8 Å². The van der Waals surface area contributed by atoms with Crippen LogP contribution in [0.1, 0.15) is 36.0 Å². The molecular weight excluding hydrogens is 268 g/mol. The highest BCUT2D eigenvalue weighted by molar-refractivity contribution is 7.12. The molecule has 0 saturated carbocycles. The number of nitrogens with zero attached hydrogens (tertiary/aromatic N) is 1. The fourth-order valence-electron chi connectivity index (χ4n) is 1.21. The van der Waals surface area contributed by atoms with Gasteiger partial charge in [-0.15, -0.1) is 11.3 Å². The van der Waals surface area contributed by atoms with Crippen molar-refractivity contribution in [2.45, 2.75) is 26.4 Å². The number of thiophene rings is 1. The zero-order valence-electron chi connectivity index (χ0n) is 11.1. The summed E-state index contributed by atoms with van der Waals surface area (Å²) >= 11 is 1.03. The van der Waals surface area contributed by atoms with Crippen molar-refractivity contribution >= 4 is 29.1 Å². The molecule has 1 rings (SSSR count). The fourth-order valence-corrected chi connectivity index (χ4v) is 2.08. The first-order valence-corrected chi connectivity index (χ1v) is 6.26. The molecule has 1 aromatic heterocycles. The van der Waals surface area contributed by atoms with Crippen molar-refractivity contribution in [1.82, 2.24) is 0 Å². The zero-order valence-corrected chi connectivity index (χ0v) is 11.9. The van der Waals surface area contributed by atoms with Crippen LogP contribution >= 0.6 is 11.3 Å². The highest BCUT2D eigenvalue weighted by Crippen LogP contribution is 2.29. The Kier molecular flexibility index (Phi) is 4.51. The van der Waals surface area contributed by atoms with Crippen molar-refractivity contribution in [3.63, 3.8) is 0 Å². The average Bonchev–Trinajstić information content (AvgIpc) is 2.68. The molecule has 1 N–H and O–H groups in total. The molecule has 0 unspecified atom stereocenters. The molecule has 0 saturated heterocycles. The van der Waals surface area contributed by atoms with Crippen LogP contribution in [0, 0.1) is 11.3 Å². The molecule has 0 aliphatic rings. The Hall–Kier alpha value is -2.07. The molecule has 0 bridgehead atoms. The van der Waals surface area contributed by atoms with Crippen LogP contribution in [0.2, 0.25) is 0 Å². The van der Waals surface area contributed by atoms with Crippen LogP contribution in [0.4, 0.5) is 10.5 Å². The van der Waals surface area contributed by atoms with Gasteiger partial charge in [0, 0.05) is 5.38 Å². The van der Waals surface area contributed by atoms with Crippen LogP contribution in [0.25, 0.3) is 0 Å². The molecule has 0 aromatic carbocycles. The van der Waals surface area contributed by atoms with E-state index in [4.69, 9.17) is 10.00 Å². The number of anilines is 1. The number of hydrogen-bond acceptors (Lipinski definition) is 6. The van der Waals surface area contributed by atoms with Gasteiger partial charge in [0.25, 0.3) is 0 Å². The molecule has 1 aromatic rings. The third kappa shape index (κ3) is 3.96. The number of amides is 1. The lowest BCUT2D eigenvalue weighted by atomic mass is 10.2. The molecule has 0 aliphatic carbocycles. The smallest absolute Gasteiger partial charge is 0.412 e. The van der Waals surface area contributed by atoms with E-state index in [1.54, 1.807) is 20.8 Å². The van der Waals surface area contributed by atoms with Crippen LogP contribution < -0.4 is 5.32 Å². The fraction of sp³-hybridized carbons (Fsp3) is 0.417. The van der Waals surface area contributed by atoms with Crippen LogP contribution in [0.15, 0.2) is 5.38 Å². The predicted octanol–water partition coefficient (Wildman–Crippen LogP) is 2.75. The highest BCUT2D eigenvalue weighted by atomic mass is 32.1. The van der Waals surface area contributed by atoms with Crippen molar-refractivity contribution in [2.24, 2.45) is 0 Å². The highest BCUT2D eigenvalue weighted by Gasteiger charge is 2.23. The summed E-state index contributed by atoms with van der Waals surface area (Å²) in [4.78, 5) is 23.3. The van der Waals surface area contributed by atoms with Gasteiger partial charge in [-0.1, -0.05) is 0 Å². The normalized spacial score (nSPS) is 10.5. The van der Waals surface area contributed by atoms with E-state index in [0.29, 0.717) is 0 Å². The second-order valence-corrected chi connectivity index (χ2v) is 5.46. The third-order valence-corrected chi connectivity index (χ3v) is 2.87. The number of hydrogen-bond donors (Lipinski definition) is 1. The molecule has 0 atom stereocenters. The lowest BCUT2D eigenvalue weighted by molar-refractivity contribution is 0.0607. The summed E-state index contributed by atoms with van der Waals surface area (Å²) in [6, 6.07) is 1.90. The molecule has 1 amide bonds. The van der Waals surface area contributed by atoms with Crippen molar-refractivity contribution < 1.29 is 19.1 Å². The summed E-state index contributed by atoms with van der Waals surface area (Å²) in [6.07, 6.45) is -0.729. The van der Waals surface area contributed by atoms with E-state index in [2.05, 4.69) is 10.1 Å². The number of ether oxygens (including phenoxy) is 2. The van der Waals surface area contributed by atoms with Crippen molar-refractivity contribution in [3.05, 3.63) is 15.8 Å². The summed E-state index contributed by atoms with van der Waals surface area (Å²) in [5.74, 6) is -0.613. The minimum atomic E-state index is -0.729. The first-order chi connectivity index (χ1) is 8.78. The number of esters is 1. The van der Waals surface area contributed by atoms with Crippen LogP contribution in [-0.2, 0) is 9.47 Å². The van der Waals surface area contributed by atoms with Gasteiger partial charge >= 0.3 is 12.1 Å². The maximum absolute atomic E-state index is 11.7. The number of carbonyl (C=O) groups is 2. The van der Waals surface area contributed by atoms with Gasteiger partial charge in [0.1, 0.15) is 16.5 Å². The molecule has 6 nitrogen and oxygen atoms in total. The van der Waals surface area contributed by atoms with E-state index < -0.39 is 17.7 Å².